The van der Waals surface area contributed by atoms with Crippen LogP contribution in [0.5, 0.6) is 0 Å². The molecule has 1 aliphatic heterocycles. The number of amides is 2. The lowest BCUT2D eigenvalue weighted by Gasteiger charge is -2.31. The maximum Gasteiger partial charge on any atom is 0.338 e. The molecular weight excluding hydrogens is 344 g/mol. The van der Waals surface area contributed by atoms with E-state index in [1.165, 1.54) is 17.4 Å². The van der Waals surface area contributed by atoms with Crippen molar-refractivity contribution in [2.75, 3.05) is 13.1 Å². The van der Waals surface area contributed by atoms with Crippen LogP contribution in [0.2, 0.25) is 0 Å². The van der Waals surface area contributed by atoms with Crippen molar-refractivity contribution in [3.05, 3.63) is 45.5 Å². The third kappa shape index (κ3) is 3.90. The Morgan fingerprint density at radius 1 is 1.28 bits per heavy atom. The number of aromatic carboxylic acids is 1. The highest BCUT2D eigenvalue weighted by Crippen LogP contribution is 2.18. The first-order valence-electron chi connectivity index (χ1n) is 7.92. The van der Waals surface area contributed by atoms with Crippen LogP contribution in [0.3, 0.4) is 0 Å². The van der Waals surface area contributed by atoms with Crippen molar-refractivity contribution in [2.24, 2.45) is 0 Å². The SMILES string of the molecule is Cc1ccc(C(=O)NC2CCN(C(=O)c3cc(C(=O)O)co3)CC2)s1. The van der Waals surface area contributed by atoms with Gasteiger partial charge in [0.1, 0.15) is 6.26 Å². The number of hydrogen-bond donors (Lipinski definition) is 2. The van der Waals surface area contributed by atoms with E-state index in [2.05, 4.69) is 5.32 Å². The van der Waals surface area contributed by atoms with Gasteiger partial charge < -0.3 is 19.7 Å². The zero-order chi connectivity index (χ0) is 18.0. The van der Waals surface area contributed by atoms with Gasteiger partial charge in [-0.25, -0.2) is 4.79 Å². The van der Waals surface area contributed by atoms with Crippen molar-refractivity contribution in [1.82, 2.24) is 10.2 Å². The van der Waals surface area contributed by atoms with E-state index in [9.17, 15) is 14.4 Å². The van der Waals surface area contributed by atoms with Crippen molar-refractivity contribution in [3.63, 3.8) is 0 Å². The van der Waals surface area contributed by atoms with Gasteiger partial charge in [-0.2, -0.15) is 0 Å². The summed E-state index contributed by atoms with van der Waals surface area (Å²) in [5.74, 6) is -1.52. The molecule has 132 valence electrons. The summed E-state index contributed by atoms with van der Waals surface area (Å²) in [4.78, 5) is 38.8. The molecular formula is C17H18N2O5S. The number of hydrogen-bond acceptors (Lipinski definition) is 5. The van der Waals surface area contributed by atoms with Crippen molar-refractivity contribution in [1.29, 1.82) is 0 Å². The molecule has 3 rings (SSSR count). The number of aryl methyl sites for hydroxylation is 1. The van der Waals surface area contributed by atoms with Gasteiger partial charge in [0.25, 0.3) is 11.8 Å². The van der Waals surface area contributed by atoms with E-state index in [1.807, 2.05) is 19.1 Å². The van der Waals surface area contributed by atoms with Gasteiger partial charge in [0, 0.05) is 30.1 Å². The molecule has 2 aromatic heterocycles. The first-order chi connectivity index (χ1) is 11.9. The van der Waals surface area contributed by atoms with Crippen LogP contribution < -0.4 is 5.32 Å². The number of likely N-dealkylation sites (tertiary alicyclic amines) is 1. The Morgan fingerprint density at radius 3 is 2.56 bits per heavy atom. The third-order valence-electron chi connectivity index (χ3n) is 4.14. The first kappa shape index (κ1) is 17.2. The summed E-state index contributed by atoms with van der Waals surface area (Å²) >= 11 is 1.45. The monoisotopic (exact) mass is 362 g/mol. The van der Waals surface area contributed by atoms with Crippen LogP contribution in [0.25, 0.3) is 0 Å². The molecule has 2 aromatic rings. The molecule has 0 aliphatic carbocycles. The Labute approximate surface area is 148 Å². The number of nitrogens with one attached hydrogen (secondary N) is 1. The third-order valence-corrected chi connectivity index (χ3v) is 5.14. The van der Waals surface area contributed by atoms with E-state index < -0.39 is 5.97 Å². The molecule has 1 fully saturated rings. The maximum absolute atomic E-state index is 12.3. The van der Waals surface area contributed by atoms with Crippen molar-refractivity contribution < 1.29 is 23.9 Å². The van der Waals surface area contributed by atoms with Gasteiger partial charge in [-0.1, -0.05) is 0 Å². The Morgan fingerprint density at radius 2 is 2.00 bits per heavy atom. The van der Waals surface area contributed by atoms with E-state index in [4.69, 9.17) is 9.52 Å². The van der Waals surface area contributed by atoms with E-state index in [0.29, 0.717) is 30.8 Å². The zero-order valence-electron chi connectivity index (χ0n) is 13.7. The standard InChI is InChI=1S/C17H18N2O5S/c1-10-2-3-14(25-10)15(20)18-12-4-6-19(7-5-12)16(21)13-8-11(9-24-13)17(22)23/h2-3,8-9,12H,4-7H2,1H3,(H,18,20)(H,22,23). The average Bonchev–Trinajstić information content (AvgIpc) is 3.24. The molecule has 0 spiro atoms. The number of nitrogens with zero attached hydrogens (tertiary/aromatic N) is 1. The molecule has 3 heterocycles. The lowest BCUT2D eigenvalue weighted by atomic mass is 10.0. The molecule has 1 aliphatic rings. The molecule has 2 amide bonds. The molecule has 2 N–H and O–H groups in total. The minimum absolute atomic E-state index is 0.0186. The number of rotatable bonds is 4. The zero-order valence-corrected chi connectivity index (χ0v) is 14.5. The summed E-state index contributed by atoms with van der Waals surface area (Å²) in [7, 11) is 0. The lowest BCUT2D eigenvalue weighted by molar-refractivity contribution is 0.0664. The fraction of sp³-hybridized carbons (Fsp3) is 0.353. The molecule has 25 heavy (non-hydrogen) atoms. The van der Waals surface area contributed by atoms with E-state index in [1.54, 1.807) is 4.90 Å². The van der Waals surface area contributed by atoms with E-state index in [0.717, 1.165) is 11.1 Å². The van der Waals surface area contributed by atoms with Crippen LogP contribution >= 0.6 is 11.3 Å². The van der Waals surface area contributed by atoms with Gasteiger partial charge in [0.05, 0.1) is 10.4 Å². The Bertz CT molecular complexity index is 802. The molecule has 1 saturated heterocycles. The van der Waals surface area contributed by atoms with Crippen LogP contribution in [0, 0.1) is 6.92 Å². The second-order valence-corrected chi connectivity index (χ2v) is 7.24. The topological polar surface area (TPSA) is 99.9 Å². The highest BCUT2D eigenvalue weighted by molar-refractivity contribution is 7.13. The smallest absolute Gasteiger partial charge is 0.338 e. The summed E-state index contributed by atoms with van der Waals surface area (Å²) in [5, 5.41) is 11.9. The summed E-state index contributed by atoms with van der Waals surface area (Å²) < 4.78 is 5.05. The Hall–Kier alpha value is -2.61. The molecule has 0 unspecified atom stereocenters. The summed E-state index contributed by atoms with van der Waals surface area (Å²) in [5.41, 5.74) is -0.0447. The first-order valence-corrected chi connectivity index (χ1v) is 8.74. The van der Waals surface area contributed by atoms with Gasteiger partial charge in [-0.05, 0) is 31.9 Å². The number of piperidine rings is 1. The second kappa shape index (κ2) is 7.10. The number of carbonyl (C=O) groups excluding carboxylic acids is 2. The number of furan rings is 1. The fourth-order valence-corrected chi connectivity index (χ4v) is 3.53. The summed E-state index contributed by atoms with van der Waals surface area (Å²) in [6, 6.07) is 4.98. The Balaban J connectivity index is 1.53. The van der Waals surface area contributed by atoms with Crippen LogP contribution in [-0.2, 0) is 0 Å². The molecule has 8 heteroatoms. The highest BCUT2D eigenvalue weighted by atomic mass is 32.1. The minimum atomic E-state index is -1.13. The predicted molar refractivity (Wildman–Crippen MR) is 91.1 cm³/mol. The number of thiophene rings is 1. The molecule has 0 bridgehead atoms. The lowest BCUT2D eigenvalue weighted by Crippen LogP contribution is -2.46. The van der Waals surface area contributed by atoms with Gasteiger partial charge >= 0.3 is 5.97 Å². The molecule has 0 atom stereocenters. The Kier molecular flexibility index (Phi) is 4.89. The minimum Gasteiger partial charge on any atom is -0.478 e. The average molecular weight is 362 g/mol. The molecule has 7 nitrogen and oxygen atoms in total. The van der Waals surface area contributed by atoms with E-state index in [-0.39, 0.29) is 29.2 Å². The van der Waals surface area contributed by atoms with Crippen LogP contribution in [0.4, 0.5) is 0 Å². The van der Waals surface area contributed by atoms with Crippen LogP contribution in [0.15, 0.2) is 28.9 Å². The number of carbonyl (C=O) groups is 3. The van der Waals surface area contributed by atoms with Crippen molar-refractivity contribution >= 4 is 29.1 Å². The number of carboxylic acids is 1. The van der Waals surface area contributed by atoms with Gasteiger partial charge in [-0.15, -0.1) is 11.3 Å². The molecule has 0 radical (unpaired) electrons. The van der Waals surface area contributed by atoms with Gasteiger partial charge in [0.2, 0.25) is 0 Å². The van der Waals surface area contributed by atoms with Gasteiger partial charge in [-0.3, -0.25) is 9.59 Å². The summed E-state index contributed by atoms with van der Waals surface area (Å²) in [6.07, 6.45) is 2.36. The number of carboxylic acid groups (broad SMARTS) is 1. The second-order valence-electron chi connectivity index (χ2n) is 5.96. The molecule has 0 aromatic carbocycles. The van der Waals surface area contributed by atoms with Crippen LogP contribution in [0.1, 0.15) is 48.3 Å². The van der Waals surface area contributed by atoms with E-state index >= 15 is 0 Å². The van der Waals surface area contributed by atoms with Crippen molar-refractivity contribution in [3.8, 4) is 0 Å². The molecule has 0 saturated carbocycles. The summed E-state index contributed by atoms with van der Waals surface area (Å²) in [6.45, 7) is 2.92. The fourth-order valence-electron chi connectivity index (χ4n) is 2.76. The predicted octanol–water partition coefficient (Wildman–Crippen LogP) is 2.38. The largest absolute Gasteiger partial charge is 0.478 e. The normalized spacial score (nSPS) is 15.2. The van der Waals surface area contributed by atoms with Crippen LogP contribution in [-0.4, -0.2) is 46.9 Å². The van der Waals surface area contributed by atoms with Gasteiger partial charge in [0.15, 0.2) is 5.76 Å². The highest BCUT2D eigenvalue weighted by Gasteiger charge is 2.27. The quantitative estimate of drug-likeness (QED) is 0.870. The van der Waals surface area contributed by atoms with Crippen molar-refractivity contribution in [2.45, 2.75) is 25.8 Å². The maximum atomic E-state index is 12.3.